The molecule has 2 rings (SSSR count). The number of alkyl halides is 1. The predicted octanol–water partition coefficient (Wildman–Crippen LogP) is 2.21. The zero-order valence-electron chi connectivity index (χ0n) is 11.0. The Bertz CT molecular complexity index is 422. The quantitative estimate of drug-likeness (QED) is 0.800. The lowest BCUT2D eigenvalue weighted by Gasteiger charge is -2.36. The van der Waals surface area contributed by atoms with Crippen LogP contribution in [0, 0.1) is 6.92 Å². The number of aryl methyl sites for hydroxylation is 2. The van der Waals surface area contributed by atoms with E-state index in [9.17, 15) is 0 Å². The molecule has 0 saturated carbocycles. The van der Waals surface area contributed by atoms with Gasteiger partial charge in [0.2, 0.25) is 0 Å². The van der Waals surface area contributed by atoms with Crippen molar-refractivity contribution in [1.29, 1.82) is 0 Å². The van der Waals surface area contributed by atoms with Gasteiger partial charge in [-0.25, -0.2) is 0 Å². The van der Waals surface area contributed by atoms with Gasteiger partial charge in [0.05, 0.1) is 28.6 Å². The highest BCUT2D eigenvalue weighted by Crippen LogP contribution is 2.22. The van der Waals surface area contributed by atoms with Crippen LogP contribution in [0.1, 0.15) is 18.3 Å². The lowest BCUT2D eigenvalue weighted by Crippen LogP contribution is -2.47. The van der Waals surface area contributed by atoms with Crippen molar-refractivity contribution in [2.75, 3.05) is 19.0 Å². The first-order valence-corrected chi connectivity index (χ1v) is 7.04. The standard InChI is InChI=1S/C12H19Cl2N3O/c1-8-5-17(6-10(4-13)18-8)7-11-12(14)9(2)15-16(11)3/h8,10H,4-7H2,1-3H3. The molecule has 18 heavy (non-hydrogen) atoms. The Hall–Kier alpha value is -0.290. The van der Waals surface area contributed by atoms with Gasteiger partial charge in [0.15, 0.2) is 0 Å². The van der Waals surface area contributed by atoms with Crippen LogP contribution in [0.2, 0.25) is 5.02 Å². The number of rotatable bonds is 3. The first kappa shape index (κ1) is 14.1. The van der Waals surface area contributed by atoms with Gasteiger partial charge in [-0.05, 0) is 13.8 Å². The van der Waals surface area contributed by atoms with Crippen LogP contribution in [-0.2, 0) is 18.3 Å². The van der Waals surface area contributed by atoms with Crippen molar-refractivity contribution in [3.8, 4) is 0 Å². The minimum atomic E-state index is 0.100. The second-order valence-electron chi connectivity index (χ2n) is 4.89. The first-order valence-electron chi connectivity index (χ1n) is 6.13. The Kier molecular flexibility index (Phi) is 4.54. The van der Waals surface area contributed by atoms with Crippen LogP contribution >= 0.6 is 23.2 Å². The van der Waals surface area contributed by atoms with Crippen LogP contribution in [-0.4, -0.2) is 45.9 Å². The van der Waals surface area contributed by atoms with Crippen molar-refractivity contribution in [1.82, 2.24) is 14.7 Å². The maximum atomic E-state index is 6.27. The molecular formula is C12H19Cl2N3O. The molecule has 2 atom stereocenters. The van der Waals surface area contributed by atoms with E-state index in [4.69, 9.17) is 27.9 Å². The summed E-state index contributed by atoms with van der Waals surface area (Å²) in [7, 11) is 1.93. The molecule has 1 fully saturated rings. The minimum Gasteiger partial charge on any atom is -0.371 e. The van der Waals surface area contributed by atoms with Gasteiger partial charge in [-0.1, -0.05) is 11.6 Å². The molecule has 0 amide bonds. The molecule has 0 bridgehead atoms. The van der Waals surface area contributed by atoms with E-state index < -0.39 is 0 Å². The van der Waals surface area contributed by atoms with Crippen LogP contribution in [0.5, 0.6) is 0 Å². The van der Waals surface area contributed by atoms with Gasteiger partial charge in [0.1, 0.15) is 0 Å². The van der Waals surface area contributed by atoms with E-state index in [1.54, 1.807) is 0 Å². The van der Waals surface area contributed by atoms with Crippen molar-refractivity contribution in [2.24, 2.45) is 7.05 Å². The zero-order valence-corrected chi connectivity index (χ0v) is 12.5. The summed E-state index contributed by atoms with van der Waals surface area (Å²) < 4.78 is 7.59. The lowest BCUT2D eigenvalue weighted by molar-refractivity contribution is -0.0694. The second-order valence-corrected chi connectivity index (χ2v) is 5.57. The second kappa shape index (κ2) is 5.78. The number of aromatic nitrogens is 2. The van der Waals surface area contributed by atoms with Crippen molar-refractivity contribution < 1.29 is 4.74 Å². The average molecular weight is 292 g/mol. The van der Waals surface area contributed by atoms with Crippen LogP contribution in [0.25, 0.3) is 0 Å². The zero-order chi connectivity index (χ0) is 13.3. The molecule has 1 aromatic heterocycles. The Morgan fingerprint density at radius 2 is 2.17 bits per heavy atom. The molecule has 0 aliphatic carbocycles. The van der Waals surface area contributed by atoms with Gasteiger partial charge in [-0.3, -0.25) is 9.58 Å². The number of morpholine rings is 1. The fraction of sp³-hybridized carbons (Fsp3) is 0.750. The molecule has 1 aliphatic heterocycles. The molecule has 2 unspecified atom stereocenters. The number of hydrogen-bond acceptors (Lipinski definition) is 3. The third-order valence-corrected chi connectivity index (χ3v) is 4.04. The van der Waals surface area contributed by atoms with E-state index >= 15 is 0 Å². The Morgan fingerprint density at radius 3 is 2.72 bits per heavy atom. The Balaban J connectivity index is 2.08. The highest BCUT2D eigenvalue weighted by molar-refractivity contribution is 6.31. The highest BCUT2D eigenvalue weighted by atomic mass is 35.5. The highest BCUT2D eigenvalue weighted by Gasteiger charge is 2.26. The topological polar surface area (TPSA) is 30.3 Å². The first-order chi connectivity index (χ1) is 8.51. The molecular weight excluding hydrogens is 273 g/mol. The fourth-order valence-electron chi connectivity index (χ4n) is 2.42. The van der Waals surface area contributed by atoms with Gasteiger partial charge >= 0.3 is 0 Å². The summed E-state index contributed by atoms with van der Waals surface area (Å²) in [5, 5.41) is 5.10. The van der Waals surface area contributed by atoms with E-state index in [1.807, 2.05) is 18.7 Å². The van der Waals surface area contributed by atoms with Gasteiger partial charge in [0.25, 0.3) is 0 Å². The molecule has 4 nitrogen and oxygen atoms in total. The van der Waals surface area contributed by atoms with E-state index in [-0.39, 0.29) is 12.2 Å². The van der Waals surface area contributed by atoms with Crippen LogP contribution < -0.4 is 0 Å². The number of nitrogens with zero attached hydrogens (tertiary/aromatic N) is 3. The van der Waals surface area contributed by atoms with Crippen LogP contribution in [0.4, 0.5) is 0 Å². The SMILES string of the molecule is Cc1nn(C)c(CN2CC(C)OC(CCl)C2)c1Cl. The van der Waals surface area contributed by atoms with E-state index in [0.29, 0.717) is 5.88 Å². The molecule has 102 valence electrons. The third-order valence-electron chi connectivity index (χ3n) is 3.21. The van der Waals surface area contributed by atoms with Crippen LogP contribution in [0.3, 0.4) is 0 Å². The summed E-state index contributed by atoms with van der Waals surface area (Å²) in [6, 6.07) is 0. The predicted molar refractivity (Wildman–Crippen MR) is 73.3 cm³/mol. The molecule has 0 spiro atoms. The van der Waals surface area contributed by atoms with Crippen molar-refractivity contribution >= 4 is 23.2 Å². The van der Waals surface area contributed by atoms with Crippen molar-refractivity contribution in [3.63, 3.8) is 0 Å². The molecule has 0 aromatic carbocycles. The summed E-state index contributed by atoms with van der Waals surface area (Å²) in [5.74, 6) is 0.527. The molecule has 0 N–H and O–H groups in total. The van der Waals surface area contributed by atoms with Gasteiger partial charge in [0, 0.05) is 32.6 Å². The van der Waals surface area contributed by atoms with Crippen molar-refractivity contribution in [3.05, 3.63) is 16.4 Å². The molecule has 1 aromatic rings. The molecule has 6 heteroatoms. The number of hydrogen-bond donors (Lipinski definition) is 0. The van der Waals surface area contributed by atoms with E-state index in [2.05, 4.69) is 16.9 Å². The maximum absolute atomic E-state index is 6.27. The minimum absolute atomic E-state index is 0.100. The summed E-state index contributed by atoms with van der Waals surface area (Å²) >= 11 is 12.2. The third kappa shape index (κ3) is 2.99. The largest absolute Gasteiger partial charge is 0.371 e. The Labute approximate surface area is 118 Å². The molecule has 2 heterocycles. The monoisotopic (exact) mass is 291 g/mol. The fourth-order valence-corrected chi connectivity index (χ4v) is 2.81. The summed E-state index contributed by atoms with van der Waals surface area (Å²) in [6.45, 7) is 6.52. The smallest absolute Gasteiger partial charge is 0.0860 e. The average Bonchev–Trinajstić information content (AvgIpc) is 2.55. The molecule has 1 aliphatic rings. The molecule has 0 radical (unpaired) electrons. The Morgan fingerprint density at radius 1 is 1.44 bits per heavy atom. The normalized spacial score (nSPS) is 25.6. The lowest BCUT2D eigenvalue weighted by atomic mass is 10.2. The summed E-state index contributed by atoms with van der Waals surface area (Å²) in [4.78, 5) is 2.32. The summed E-state index contributed by atoms with van der Waals surface area (Å²) in [5.41, 5.74) is 1.93. The van der Waals surface area contributed by atoms with Gasteiger partial charge < -0.3 is 4.74 Å². The van der Waals surface area contributed by atoms with Crippen molar-refractivity contribution in [2.45, 2.75) is 32.6 Å². The maximum Gasteiger partial charge on any atom is 0.0860 e. The number of halogens is 2. The van der Waals surface area contributed by atoms with Crippen LogP contribution in [0.15, 0.2) is 0 Å². The van der Waals surface area contributed by atoms with Gasteiger partial charge in [-0.2, -0.15) is 5.10 Å². The summed E-state index contributed by atoms with van der Waals surface area (Å²) in [6.07, 6.45) is 0.305. The van der Waals surface area contributed by atoms with Gasteiger partial charge in [-0.15, -0.1) is 11.6 Å². The van der Waals surface area contributed by atoms with E-state index in [0.717, 1.165) is 36.0 Å². The van der Waals surface area contributed by atoms with E-state index in [1.165, 1.54) is 0 Å². The molecule has 1 saturated heterocycles. The number of ether oxygens (including phenoxy) is 1.